The first-order valence-corrected chi connectivity index (χ1v) is 6.24. The van der Waals surface area contributed by atoms with Gasteiger partial charge in [-0.2, -0.15) is 4.98 Å². The van der Waals surface area contributed by atoms with Gasteiger partial charge < -0.3 is 4.52 Å². The molecule has 0 unspecified atom stereocenters. The number of hydrogen-bond donors (Lipinski definition) is 0. The van der Waals surface area contributed by atoms with Crippen molar-refractivity contribution in [3.05, 3.63) is 53.3 Å². The third-order valence-corrected chi connectivity index (χ3v) is 3.17. The predicted octanol–water partition coefficient (Wildman–Crippen LogP) is 3.92. The van der Waals surface area contributed by atoms with E-state index >= 15 is 0 Å². The minimum Gasteiger partial charge on any atom is -0.334 e. The second-order valence-corrected chi connectivity index (χ2v) is 4.51. The van der Waals surface area contributed by atoms with Crippen LogP contribution in [-0.2, 0) is 6.67 Å². The van der Waals surface area contributed by atoms with Gasteiger partial charge in [-0.15, -0.1) is 0 Å². The molecule has 0 fully saturated rings. The normalized spacial score (nSPS) is 10.7. The number of halogens is 2. The van der Waals surface area contributed by atoms with E-state index in [4.69, 9.17) is 16.1 Å². The fourth-order valence-electron chi connectivity index (χ4n) is 1.77. The molecule has 100 valence electrons. The molecule has 20 heavy (non-hydrogen) atoms. The van der Waals surface area contributed by atoms with E-state index in [1.54, 1.807) is 42.7 Å². The molecule has 0 aliphatic rings. The number of rotatable bonds is 3. The van der Waals surface area contributed by atoms with Crippen LogP contribution in [0.4, 0.5) is 4.39 Å². The molecule has 0 aliphatic carbocycles. The van der Waals surface area contributed by atoms with E-state index in [0.717, 1.165) is 5.56 Å². The maximum absolute atomic E-state index is 12.8. The Morgan fingerprint density at radius 2 is 1.90 bits per heavy atom. The summed E-state index contributed by atoms with van der Waals surface area (Å²) in [5.74, 6) is 0.780. The third-order valence-electron chi connectivity index (χ3n) is 2.80. The van der Waals surface area contributed by atoms with Gasteiger partial charge in [-0.3, -0.25) is 4.98 Å². The summed E-state index contributed by atoms with van der Waals surface area (Å²) in [4.78, 5) is 8.21. The van der Waals surface area contributed by atoms with Crippen molar-refractivity contribution in [1.82, 2.24) is 15.1 Å². The number of hydrogen-bond acceptors (Lipinski definition) is 4. The SMILES string of the molecule is FCc1cc(-c2nc(-c3ccncc3)no2)ccc1Cl. The van der Waals surface area contributed by atoms with Gasteiger partial charge in [0.2, 0.25) is 5.82 Å². The van der Waals surface area contributed by atoms with E-state index < -0.39 is 6.67 Å². The van der Waals surface area contributed by atoms with Crippen LogP contribution in [-0.4, -0.2) is 15.1 Å². The highest BCUT2D eigenvalue weighted by Gasteiger charge is 2.12. The largest absolute Gasteiger partial charge is 0.334 e. The summed E-state index contributed by atoms with van der Waals surface area (Å²) in [6.07, 6.45) is 3.30. The van der Waals surface area contributed by atoms with Gasteiger partial charge in [0.25, 0.3) is 5.89 Å². The van der Waals surface area contributed by atoms with E-state index in [-0.39, 0.29) is 0 Å². The van der Waals surface area contributed by atoms with Gasteiger partial charge in [-0.25, -0.2) is 4.39 Å². The average Bonchev–Trinajstić information content (AvgIpc) is 2.98. The van der Waals surface area contributed by atoms with Crippen LogP contribution in [0.25, 0.3) is 22.8 Å². The number of pyridine rings is 1. The summed E-state index contributed by atoms with van der Waals surface area (Å²) < 4.78 is 18.0. The second kappa shape index (κ2) is 5.38. The quantitative estimate of drug-likeness (QED) is 0.733. The smallest absolute Gasteiger partial charge is 0.258 e. The lowest BCUT2D eigenvalue weighted by Crippen LogP contribution is -1.85. The molecule has 3 rings (SSSR count). The molecule has 0 saturated heterocycles. The standard InChI is InChI=1S/C14H9ClFN3O/c15-12-2-1-10(7-11(12)8-16)14-18-13(19-20-14)9-3-5-17-6-4-9/h1-7H,8H2. The molecule has 0 N–H and O–H groups in total. The Morgan fingerprint density at radius 1 is 1.10 bits per heavy atom. The van der Waals surface area contributed by atoms with Gasteiger partial charge in [-0.05, 0) is 30.3 Å². The fraction of sp³-hybridized carbons (Fsp3) is 0.0714. The first-order chi connectivity index (χ1) is 9.78. The molecule has 2 heterocycles. The van der Waals surface area contributed by atoms with Crippen molar-refractivity contribution < 1.29 is 8.91 Å². The minimum absolute atomic E-state index is 0.322. The van der Waals surface area contributed by atoms with E-state index in [1.807, 2.05) is 0 Å². The molecule has 0 atom stereocenters. The van der Waals surface area contributed by atoms with Gasteiger partial charge in [0.1, 0.15) is 6.67 Å². The zero-order chi connectivity index (χ0) is 13.9. The lowest BCUT2D eigenvalue weighted by Gasteiger charge is -2.00. The van der Waals surface area contributed by atoms with Crippen molar-refractivity contribution in [3.8, 4) is 22.8 Å². The van der Waals surface area contributed by atoms with E-state index in [1.165, 1.54) is 0 Å². The highest BCUT2D eigenvalue weighted by atomic mass is 35.5. The lowest BCUT2D eigenvalue weighted by molar-refractivity contribution is 0.432. The van der Waals surface area contributed by atoms with Crippen LogP contribution in [0.3, 0.4) is 0 Å². The second-order valence-electron chi connectivity index (χ2n) is 4.10. The van der Waals surface area contributed by atoms with Gasteiger partial charge in [-0.1, -0.05) is 16.8 Å². The Bertz CT molecular complexity index is 730. The van der Waals surface area contributed by atoms with Crippen LogP contribution in [0.2, 0.25) is 5.02 Å². The number of aromatic nitrogens is 3. The molecule has 0 bridgehead atoms. The van der Waals surface area contributed by atoms with E-state index in [0.29, 0.717) is 27.9 Å². The minimum atomic E-state index is -0.641. The fourth-order valence-corrected chi connectivity index (χ4v) is 1.94. The Morgan fingerprint density at radius 3 is 2.65 bits per heavy atom. The van der Waals surface area contributed by atoms with E-state index in [2.05, 4.69) is 15.1 Å². The van der Waals surface area contributed by atoms with Crippen molar-refractivity contribution in [2.75, 3.05) is 0 Å². The molecule has 0 amide bonds. The number of nitrogens with zero attached hydrogens (tertiary/aromatic N) is 3. The van der Waals surface area contributed by atoms with Crippen molar-refractivity contribution in [1.29, 1.82) is 0 Å². The first-order valence-electron chi connectivity index (χ1n) is 5.87. The highest BCUT2D eigenvalue weighted by Crippen LogP contribution is 2.26. The number of benzene rings is 1. The number of alkyl halides is 1. The molecule has 3 aromatic rings. The topological polar surface area (TPSA) is 51.8 Å². The summed E-state index contributed by atoms with van der Waals surface area (Å²) in [7, 11) is 0. The van der Waals surface area contributed by atoms with Crippen LogP contribution in [0, 0.1) is 0 Å². The molecule has 4 nitrogen and oxygen atoms in total. The summed E-state index contributed by atoms with van der Waals surface area (Å²) in [6.45, 7) is -0.641. The van der Waals surface area contributed by atoms with Crippen LogP contribution in [0.1, 0.15) is 5.56 Å². The van der Waals surface area contributed by atoms with Crippen molar-refractivity contribution >= 4 is 11.6 Å². The van der Waals surface area contributed by atoms with Crippen molar-refractivity contribution in [2.45, 2.75) is 6.67 Å². The third kappa shape index (κ3) is 2.40. The first kappa shape index (κ1) is 12.7. The Labute approximate surface area is 119 Å². The summed E-state index contributed by atoms with van der Waals surface area (Å²) in [5.41, 5.74) is 1.83. The van der Waals surface area contributed by atoms with Gasteiger partial charge in [0.15, 0.2) is 0 Å². The van der Waals surface area contributed by atoms with Crippen molar-refractivity contribution in [3.63, 3.8) is 0 Å². The van der Waals surface area contributed by atoms with Gasteiger partial charge in [0, 0.05) is 34.1 Å². The maximum atomic E-state index is 12.8. The molecule has 0 radical (unpaired) electrons. The molecule has 6 heteroatoms. The zero-order valence-corrected chi connectivity index (χ0v) is 11.0. The Kier molecular flexibility index (Phi) is 3.43. The van der Waals surface area contributed by atoms with Gasteiger partial charge >= 0.3 is 0 Å². The molecule has 1 aromatic carbocycles. The Balaban J connectivity index is 1.98. The molecule has 0 saturated carbocycles. The van der Waals surface area contributed by atoms with Crippen LogP contribution >= 0.6 is 11.6 Å². The monoisotopic (exact) mass is 289 g/mol. The van der Waals surface area contributed by atoms with Gasteiger partial charge in [0.05, 0.1) is 0 Å². The summed E-state index contributed by atoms with van der Waals surface area (Å²) >= 11 is 5.87. The van der Waals surface area contributed by atoms with Crippen LogP contribution in [0.15, 0.2) is 47.2 Å². The molecule has 0 aliphatic heterocycles. The van der Waals surface area contributed by atoms with Crippen LogP contribution < -0.4 is 0 Å². The van der Waals surface area contributed by atoms with E-state index in [9.17, 15) is 4.39 Å². The molecular formula is C14H9ClFN3O. The maximum Gasteiger partial charge on any atom is 0.258 e. The predicted molar refractivity (Wildman–Crippen MR) is 72.8 cm³/mol. The average molecular weight is 290 g/mol. The summed E-state index contributed by atoms with van der Waals surface area (Å²) in [5, 5.41) is 4.28. The lowest BCUT2D eigenvalue weighted by atomic mass is 10.1. The summed E-state index contributed by atoms with van der Waals surface area (Å²) in [6, 6.07) is 8.49. The molecule has 2 aromatic heterocycles. The van der Waals surface area contributed by atoms with Crippen molar-refractivity contribution in [2.24, 2.45) is 0 Å². The molecular weight excluding hydrogens is 281 g/mol. The highest BCUT2D eigenvalue weighted by molar-refractivity contribution is 6.31. The molecule has 0 spiro atoms. The Hall–Kier alpha value is -2.27. The zero-order valence-electron chi connectivity index (χ0n) is 10.3. The van der Waals surface area contributed by atoms with Crippen LogP contribution in [0.5, 0.6) is 0 Å².